The number of methoxy groups -OCH3 is 1. The number of amides is 1. The molecule has 0 radical (unpaired) electrons. The summed E-state index contributed by atoms with van der Waals surface area (Å²) in [4.78, 5) is 25.9. The third-order valence-corrected chi connectivity index (χ3v) is 3.07. The summed E-state index contributed by atoms with van der Waals surface area (Å²) in [6.45, 7) is 2.24. The van der Waals surface area contributed by atoms with Crippen LogP contribution in [0.3, 0.4) is 0 Å². The first-order chi connectivity index (χ1) is 10.1. The first-order valence-corrected chi connectivity index (χ1v) is 6.70. The topological polar surface area (TPSA) is 71.2 Å². The molecule has 0 saturated heterocycles. The van der Waals surface area contributed by atoms with Crippen molar-refractivity contribution in [2.45, 2.75) is 13.3 Å². The maximum absolute atomic E-state index is 12.0. The number of hydrogen-bond acceptors (Lipinski definition) is 3. The zero-order valence-corrected chi connectivity index (χ0v) is 12.1. The Kier molecular flexibility index (Phi) is 4.77. The molecule has 0 spiro atoms. The van der Waals surface area contributed by atoms with E-state index in [0.717, 1.165) is 11.3 Å². The highest BCUT2D eigenvalue weighted by atomic mass is 16.5. The molecule has 2 rings (SSSR count). The SMILES string of the molecule is COc1cccc(CCNC(=O)c2cc(C)[nH]c(=O)c2)c1. The predicted molar refractivity (Wildman–Crippen MR) is 80.8 cm³/mol. The number of aromatic nitrogens is 1. The highest BCUT2D eigenvalue weighted by Gasteiger charge is 2.06. The molecule has 1 heterocycles. The third kappa shape index (κ3) is 4.21. The molecular formula is C16H18N2O3. The minimum absolute atomic E-state index is 0.243. The van der Waals surface area contributed by atoms with Gasteiger partial charge in [-0.3, -0.25) is 9.59 Å². The summed E-state index contributed by atoms with van der Waals surface area (Å²) in [5.41, 5.74) is 1.85. The molecular weight excluding hydrogens is 268 g/mol. The van der Waals surface area contributed by atoms with Crippen LogP contribution in [0.1, 0.15) is 21.6 Å². The Morgan fingerprint density at radius 1 is 1.29 bits per heavy atom. The van der Waals surface area contributed by atoms with Crippen molar-refractivity contribution in [3.05, 3.63) is 63.6 Å². The number of H-pyrrole nitrogens is 1. The summed E-state index contributed by atoms with van der Waals surface area (Å²) in [6.07, 6.45) is 0.700. The second kappa shape index (κ2) is 6.74. The molecule has 21 heavy (non-hydrogen) atoms. The number of carbonyl (C=O) groups is 1. The summed E-state index contributed by atoms with van der Waals surface area (Å²) >= 11 is 0. The van der Waals surface area contributed by atoms with E-state index >= 15 is 0 Å². The number of benzene rings is 1. The van der Waals surface area contributed by atoms with E-state index in [1.165, 1.54) is 6.07 Å². The van der Waals surface area contributed by atoms with Crippen molar-refractivity contribution in [2.24, 2.45) is 0 Å². The number of carbonyl (C=O) groups excluding carboxylic acids is 1. The molecule has 110 valence electrons. The van der Waals surface area contributed by atoms with Gasteiger partial charge in [0.05, 0.1) is 7.11 Å². The molecule has 1 amide bonds. The summed E-state index contributed by atoms with van der Waals surface area (Å²) in [5, 5.41) is 2.81. The Balaban J connectivity index is 1.93. The van der Waals surface area contributed by atoms with E-state index in [0.29, 0.717) is 24.2 Å². The lowest BCUT2D eigenvalue weighted by Crippen LogP contribution is -2.27. The Bertz CT molecular complexity index is 692. The minimum atomic E-state index is -0.270. The zero-order valence-electron chi connectivity index (χ0n) is 12.1. The Hall–Kier alpha value is -2.56. The first-order valence-electron chi connectivity index (χ1n) is 6.70. The van der Waals surface area contributed by atoms with Gasteiger partial charge in [0.25, 0.3) is 5.91 Å². The number of aromatic amines is 1. The quantitative estimate of drug-likeness (QED) is 0.878. The molecule has 0 aliphatic rings. The Morgan fingerprint density at radius 3 is 2.81 bits per heavy atom. The third-order valence-electron chi connectivity index (χ3n) is 3.07. The lowest BCUT2D eigenvalue weighted by Gasteiger charge is -2.07. The first kappa shape index (κ1) is 14.8. The van der Waals surface area contributed by atoms with Crippen molar-refractivity contribution >= 4 is 5.91 Å². The van der Waals surface area contributed by atoms with Gasteiger partial charge in [0.15, 0.2) is 0 Å². The van der Waals surface area contributed by atoms with Gasteiger partial charge in [0, 0.05) is 23.9 Å². The fourth-order valence-corrected chi connectivity index (χ4v) is 2.06. The molecule has 5 nitrogen and oxygen atoms in total. The van der Waals surface area contributed by atoms with Gasteiger partial charge in [-0.15, -0.1) is 0 Å². The maximum Gasteiger partial charge on any atom is 0.251 e. The van der Waals surface area contributed by atoms with Gasteiger partial charge in [0.2, 0.25) is 5.56 Å². The normalized spacial score (nSPS) is 10.2. The van der Waals surface area contributed by atoms with Crippen LogP contribution < -0.4 is 15.6 Å². The number of aryl methyl sites for hydroxylation is 1. The molecule has 0 bridgehead atoms. The highest BCUT2D eigenvalue weighted by molar-refractivity contribution is 5.94. The van der Waals surface area contributed by atoms with Gasteiger partial charge in [-0.2, -0.15) is 0 Å². The van der Waals surface area contributed by atoms with E-state index < -0.39 is 0 Å². The second-order valence-electron chi connectivity index (χ2n) is 4.77. The van der Waals surface area contributed by atoms with E-state index in [9.17, 15) is 9.59 Å². The molecule has 2 N–H and O–H groups in total. The predicted octanol–water partition coefficient (Wildman–Crippen LogP) is 1.66. The fourth-order valence-electron chi connectivity index (χ4n) is 2.06. The van der Waals surface area contributed by atoms with Crippen LogP contribution in [0.5, 0.6) is 5.75 Å². The standard InChI is InChI=1S/C16H18N2O3/c1-11-8-13(10-15(19)18-11)16(20)17-7-6-12-4-3-5-14(9-12)21-2/h3-5,8-10H,6-7H2,1-2H3,(H,17,20)(H,18,19). The van der Waals surface area contributed by atoms with Crippen LogP contribution in [0.4, 0.5) is 0 Å². The van der Waals surface area contributed by atoms with Crippen molar-refractivity contribution in [1.82, 2.24) is 10.3 Å². The molecule has 2 aromatic rings. The van der Waals surface area contributed by atoms with Crippen molar-refractivity contribution in [2.75, 3.05) is 13.7 Å². The van der Waals surface area contributed by atoms with Crippen molar-refractivity contribution in [3.63, 3.8) is 0 Å². The lowest BCUT2D eigenvalue weighted by molar-refractivity contribution is 0.0954. The smallest absolute Gasteiger partial charge is 0.251 e. The van der Waals surface area contributed by atoms with Crippen LogP contribution in [0.15, 0.2) is 41.2 Å². The van der Waals surface area contributed by atoms with Crippen LogP contribution in [-0.2, 0) is 6.42 Å². The minimum Gasteiger partial charge on any atom is -0.497 e. The van der Waals surface area contributed by atoms with Gasteiger partial charge in [-0.25, -0.2) is 0 Å². The molecule has 5 heteroatoms. The zero-order chi connectivity index (χ0) is 15.2. The van der Waals surface area contributed by atoms with Gasteiger partial charge in [0.1, 0.15) is 5.75 Å². The summed E-state index contributed by atoms with van der Waals surface area (Å²) < 4.78 is 5.15. The number of nitrogens with one attached hydrogen (secondary N) is 2. The van der Waals surface area contributed by atoms with Crippen molar-refractivity contribution in [1.29, 1.82) is 0 Å². The van der Waals surface area contributed by atoms with Crippen LogP contribution in [-0.4, -0.2) is 24.5 Å². The molecule has 0 aliphatic heterocycles. The van der Waals surface area contributed by atoms with E-state index in [1.807, 2.05) is 24.3 Å². The van der Waals surface area contributed by atoms with Gasteiger partial charge in [-0.05, 0) is 37.1 Å². The largest absolute Gasteiger partial charge is 0.497 e. The van der Waals surface area contributed by atoms with E-state index in [2.05, 4.69) is 10.3 Å². The van der Waals surface area contributed by atoms with Crippen LogP contribution in [0, 0.1) is 6.92 Å². The number of rotatable bonds is 5. The van der Waals surface area contributed by atoms with Gasteiger partial charge in [-0.1, -0.05) is 12.1 Å². The number of ether oxygens (including phenoxy) is 1. The van der Waals surface area contributed by atoms with Gasteiger partial charge >= 0.3 is 0 Å². The van der Waals surface area contributed by atoms with E-state index in [1.54, 1.807) is 20.1 Å². The van der Waals surface area contributed by atoms with E-state index in [-0.39, 0.29) is 11.5 Å². The van der Waals surface area contributed by atoms with Crippen LogP contribution >= 0.6 is 0 Å². The monoisotopic (exact) mass is 286 g/mol. The molecule has 0 saturated carbocycles. The average molecular weight is 286 g/mol. The van der Waals surface area contributed by atoms with Crippen molar-refractivity contribution < 1.29 is 9.53 Å². The Labute approximate surface area is 123 Å². The van der Waals surface area contributed by atoms with E-state index in [4.69, 9.17) is 4.74 Å². The number of pyridine rings is 1. The van der Waals surface area contributed by atoms with Crippen LogP contribution in [0.25, 0.3) is 0 Å². The summed E-state index contributed by atoms with van der Waals surface area (Å²) in [6, 6.07) is 10.7. The number of hydrogen-bond donors (Lipinski definition) is 2. The Morgan fingerprint density at radius 2 is 2.10 bits per heavy atom. The molecule has 1 aromatic heterocycles. The second-order valence-corrected chi connectivity index (χ2v) is 4.77. The average Bonchev–Trinajstić information content (AvgIpc) is 2.46. The molecule has 1 aromatic carbocycles. The lowest BCUT2D eigenvalue weighted by atomic mass is 10.1. The molecule has 0 aliphatic carbocycles. The summed E-state index contributed by atoms with van der Waals surface area (Å²) in [7, 11) is 1.62. The van der Waals surface area contributed by atoms with Crippen LogP contribution in [0.2, 0.25) is 0 Å². The molecule has 0 unspecified atom stereocenters. The molecule has 0 atom stereocenters. The fraction of sp³-hybridized carbons (Fsp3) is 0.250. The summed E-state index contributed by atoms with van der Waals surface area (Å²) in [5.74, 6) is 0.552. The van der Waals surface area contributed by atoms with Crippen molar-refractivity contribution in [3.8, 4) is 5.75 Å². The maximum atomic E-state index is 12.0. The van der Waals surface area contributed by atoms with Gasteiger partial charge < -0.3 is 15.0 Å². The highest BCUT2D eigenvalue weighted by Crippen LogP contribution is 2.12. The molecule has 0 fully saturated rings.